The van der Waals surface area contributed by atoms with Crippen molar-refractivity contribution >= 4 is 23.2 Å². The maximum Gasteiger partial charge on any atom is 0.239 e. The van der Waals surface area contributed by atoms with Gasteiger partial charge in [-0.25, -0.2) is 4.99 Å². The van der Waals surface area contributed by atoms with E-state index in [2.05, 4.69) is 42.6 Å². The zero-order chi connectivity index (χ0) is 18.5. The molecule has 1 unspecified atom stereocenters. The van der Waals surface area contributed by atoms with E-state index in [0.717, 1.165) is 10.4 Å². The highest BCUT2D eigenvalue weighted by Crippen LogP contribution is 2.46. The van der Waals surface area contributed by atoms with Gasteiger partial charge in [-0.1, -0.05) is 30.7 Å². The van der Waals surface area contributed by atoms with Crippen LogP contribution in [0.15, 0.2) is 40.7 Å². The molecule has 1 aromatic carbocycles. The molecule has 0 radical (unpaired) electrons. The van der Waals surface area contributed by atoms with E-state index in [9.17, 15) is 4.79 Å². The third kappa shape index (κ3) is 2.65. The summed E-state index contributed by atoms with van der Waals surface area (Å²) < 4.78 is 0. The van der Waals surface area contributed by atoms with Crippen LogP contribution < -0.4 is 5.73 Å². The maximum atomic E-state index is 13.2. The van der Waals surface area contributed by atoms with E-state index in [1.165, 1.54) is 35.3 Å². The topological polar surface area (TPSA) is 58.7 Å². The Morgan fingerprint density at radius 2 is 1.88 bits per heavy atom. The molecule has 136 valence electrons. The molecule has 2 aromatic rings. The average Bonchev–Trinajstić information content (AvgIpc) is 3.00. The van der Waals surface area contributed by atoms with Crippen molar-refractivity contribution < 1.29 is 4.79 Å². The number of guanidine groups is 1. The van der Waals surface area contributed by atoms with Gasteiger partial charge in [-0.2, -0.15) is 0 Å². The first-order valence-electron chi connectivity index (χ1n) is 9.18. The van der Waals surface area contributed by atoms with Crippen molar-refractivity contribution in [3.05, 3.63) is 57.3 Å². The number of aryl methyl sites for hydroxylation is 1. The second-order valence-electron chi connectivity index (χ2n) is 7.73. The number of nitrogens with zero attached hydrogens (tertiary/aromatic N) is 2. The van der Waals surface area contributed by atoms with E-state index in [4.69, 9.17) is 10.7 Å². The lowest BCUT2D eigenvalue weighted by atomic mass is 9.76. The fraction of sp³-hybridized carbons (Fsp3) is 0.429. The van der Waals surface area contributed by atoms with Crippen LogP contribution in [-0.2, 0) is 10.3 Å². The third-order valence-corrected chi connectivity index (χ3v) is 7.18. The summed E-state index contributed by atoms with van der Waals surface area (Å²) in [6, 6.07) is 10.7. The molecule has 26 heavy (non-hydrogen) atoms. The summed E-state index contributed by atoms with van der Waals surface area (Å²) in [5, 5.41) is 2.10. The molecule has 4 rings (SSSR count). The van der Waals surface area contributed by atoms with Crippen LogP contribution in [-0.4, -0.2) is 23.8 Å². The molecule has 0 bridgehead atoms. The highest BCUT2D eigenvalue weighted by molar-refractivity contribution is 7.10. The first-order chi connectivity index (χ1) is 12.4. The van der Waals surface area contributed by atoms with Gasteiger partial charge in [0.05, 0.1) is 5.92 Å². The molecule has 5 heteroatoms. The SMILES string of the molecule is Cc1csc([C@@]2(C)N=C(N)N(C)C(=O)C2c2ccc(C3CCC3)cc2)c1. The van der Waals surface area contributed by atoms with Crippen LogP contribution in [0.25, 0.3) is 0 Å². The highest BCUT2D eigenvalue weighted by atomic mass is 32.1. The summed E-state index contributed by atoms with van der Waals surface area (Å²) in [5.74, 6) is 0.607. The average molecular weight is 368 g/mol. The molecule has 1 aliphatic heterocycles. The normalized spacial score (nSPS) is 26.6. The fourth-order valence-electron chi connectivity index (χ4n) is 3.99. The quantitative estimate of drug-likeness (QED) is 0.887. The number of hydrogen-bond donors (Lipinski definition) is 1. The largest absolute Gasteiger partial charge is 0.369 e. The molecule has 2 N–H and O–H groups in total. The molecule has 1 aliphatic carbocycles. The number of rotatable bonds is 3. The Kier molecular flexibility index (Phi) is 4.14. The smallest absolute Gasteiger partial charge is 0.239 e. The first kappa shape index (κ1) is 17.3. The Bertz CT molecular complexity index is 866. The highest BCUT2D eigenvalue weighted by Gasteiger charge is 2.47. The van der Waals surface area contributed by atoms with Crippen molar-refractivity contribution in [1.82, 2.24) is 4.90 Å². The van der Waals surface area contributed by atoms with E-state index in [-0.39, 0.29) is 17.8 Å². The van der Waals surface area contributed by atoms with Gasteiger partial charge >= 0.3 is 0 Å². The molecular formula is C21H25N3OS. The number of carbonyl (C=O) groups is 1. The van der Waals surface area contributed by atoms with E-state index in [1.807, 2.05) is 6.92 Å². The Labute approximate surface area is 158 Å². The number of likely N-dealkylation sites (N-methyl/N-ethyl adjacent to an activating group) is 1. The van der Waals surface area contributed by atoms with Gasteiger partial charge in [0.25, 0.3) is 0 Å². The van der Waals surface area contributed by atoms with Crippen LogP contribution in [0.3, 0.4) is 0 Å². The van der Waals surface area contributed by atoms with Crippen molar-refractivity contribution in [3.63, 3.8) is 0 Å². The van der Waals surface area contributed by atoms with Gasteiger partial charge < -0.3 is 5.73 Å². The van der Waals surface area contributed by atoms with Crippen molar-refractivity contribution in [1.29, 1.82) is 0 Å². The van der Waals surface area contributed by atoms with Crippen molar-refractivity contribution in [2.45, 2.75) is 50.5 Å². The second-order valence-corrected chi connectivity index (χ2v) is 8.64. The Hall–Kier alpha value is -2.14. The summed E-state index contributed by atoms with van der Waals surface area (Å²) in [5.41, 5.74) is 8.98. The lowest BCUT2D eigenvalue weighted by molar-refractivity contribution is -0.130. The van der Waals surface area contributed by atoms with Gasteiger partial charge in [0, 0.05) is 11.9 Å². The first-order valence-corrected chi connectivity index (χ1v) is 10.1. The summed E-state index contributed by atoms with van der Waals surface area (Å²) >= 11 is 1.65. The Morgan fingerprint density at radius 1 is 1.23 bits per heavy atom. The molecule has 4 nitrogen and oxygen atoms in total. The molecule has 1 aromatic heterocycles. The Balaban J connectivity index is 1.78. The molecule has 1 fully saturated rings. The summed E-state index contributed by atoms with van der Waals surface area (Å²) in [4.78, 5) is 20.5. The lowest BCUT2D eigenvalue weighted by Crippen LogP contribution is -2.52. The van der Waals surface area contributed by atoms with Crippen LogP contribution in [0, 0.1) is 6.92 Å². The van der Waals surface area contributed by atoms with Crippen LogP contribution in [0.2, 0.25) is 0 Å². The molecule has 0 saturated heterocycles. The Morgan fingerprint density at radius 3 is 2.42 bits per heavy atom. The minimum absolute atomic E-state index is 0.00227. The molecule has 1 saturated carbocycles. The standard InChI is InChI=1S/C21H25N3OS/c1-13-11-17(26-12-13)21(2)18(19(25)24(3)20(22)23-21)16-9-7-15(8-10-16)14-5-4-6-14/h7-12,14,18H,4-6H2,1-3H3,(H2,22,23)/t18?,21-/m1/s1. The monoisotopic (exact) mass is 367 g/mol. The number of aliphatic imine (C=N–C) groups is 1. The van der Waals surface area contributed by atoms with Crippen LogP contribution in [0.4, 0.5) is 0 Å². The zero-order valence-corrected chi connectivity index (χ0v) is 16.3. The van der Waals surface area contributed by atoms with Gasteiger partial charge in [-0.15, -0.1) is 11.3 Å². The molecule has 2 heterocycles. The number of benzene rings is 1. The summed E-state index contributed by atoms with van der Waals surface area (Å²) in [6.07, 6.45) is 3.87. The van der Waals surface area contributed by atoms with Crippen LogP contribution in [0.5, 0.6) is 0 Å². The van der Waals surface area contributed by atoms with Gasteiger partial charge in [0.1, 0.15) is 5.54 Å². The number of amides is 1. The predicted molar refractivity (Wildman–Crippen MR) is 107 cm³/mol. The molecule has 2 aliphatic rings. The van der Waals surface area contributed by atoms with E-state index in [0.29, 0.717) is 5.92 Å². The molecule has 2 atom stereocenters. The number of nitrogens with two attached hydrogens (primary N) is 1. The molecular weight excluding hydrogens is 342 g/mol. The van der Waals surface area contributed by atoms with Crippen LogP contribution >= 0.6 is 11.3 Å². The van der Waals surface area contributed by atoms with Crippen LogP contribution in [0.1, 0.15) is 59.6 Å². The minimum Gasteiger partial charge on any atom is -0.369 e. The zero-order valence-electron chi connectivity index (χ0n) is 15.5. The molecule has 0 spiro atoms. The van der Waals surface area contributed by atoms with Gasteiger partial charge in [0.15, 0.2) is 5.96 Å². The van der Waals surface area contributed by atoms with E-state index < -0.39 is 5.54 Å². The number of carbonyl (C=O) groups excluding carboxylic acids is 1. The van der Waals surface area contributed by atoms with Crippen molar-refractivity contribution in [2.24, 2.45) is 10.7 Å². The van der Waals surface area contributed by atoms with Crippen molar-refractivity contribution in [2.75, 3.05) is 7.05 Å². The third-order valence-electron chi connectivity index (χ3n) is 5.91. The molecule has 1 amide bonds. The van der Waals surface area contributed by atoms with Gasteiger partial charge in [-0.05, 0) is 60.7 Å². The summed E-state index contributed by atoms with van der Waals surface area (Å²) in [7, 11) is 1.70. The number of hydrogen-bond acceptors (Lipinski definition) is 4. The van der Waals surface area contributed by atoms with E-state index in [1.54, 1.807) is 18.4 Å². The fourth-order valence-corrected chi connectivity index (χ4v) is 5.02. The lowest BCUT2D eigenvalue weighted by Gasteiger charge is -2.40. The van der Waals surface area contributed by atoms with Gasteiger partial charge in [-0.3, -0.25) is 9.69 Å². The minimum atomic E-state index is -0.676. The van der Waals surface area contributed by atoms with Crippen molar-refractivity contribution in [3.8, 4) is 0 Å². The van der Waals surface area contributed by atoms with E-state index >= 15 is 0 Å². The predicted octanol–water partition coefficient (Wildman–Crippen LogP) is 4.11. The second kappa shape index (κ2) is 6.23. The number of thiophene rings is 1. The van der Waals surface area contributed by atoms with Gasteiger partial charge in [0.2, 0.25) is 5.91 Å². The summed E-state index contributed by atoms with van der Waals surface area (Å²) in [6.45, 7) is 4.09. The maximum absolute atomic E-state index is 13.2.